The van der Waals surface area contributed by atoms with Crippen LogP contribution in [0.5, 0.6) is 5.88 Å². The number of nitrogens with two attached hydrogens (primary N) is 1. The van der Waals surface area contributed by atoms with E-state index in [9.17, 15) is 0 Å². The van der Waals surface area contributed by atoms with Gasteiger partial charge in [-0.25, -0.2) is 4.98 Å². The van der Waals surface area contributed by atoms with Gasteiger partial charge in [-0.15, -0.1) is 0 Å². The summed E-state index contributed by atoms with van der Waals surface area (Å²) in [6, 6.07) is 1.87. The molecule has 17 heavy (non-hydrogen) atoms. The molecule has 1 aromatic rings. The molecule has 4 nitrogen and oxygen atoms in total. The maximum atomic E-state index is 5.68. The van der Waals surface area contributed by atoms with E-state index in [1.54, 1.807) is 6.20 Å². The Labute approximate surface area is 106 Å². The van der Waals surface area contributed by atoms with E-state index in [4.69, 9.17) is 27.4 Å². The normalized spacial score (nSPS) is 19.2. The fourth-order valence-electron chi connectivity index (χ4n) is 1.89. The minimum Gasteiger partial charge on any atom is -0.474 e. The van der Waals surface area contributed by atoms with Crippen LogP contribution < -0.4 is 10.5 Å². The molecule has 1 aliphatic rings. The number of rotatable bonds is 4. The quantitative estimate of drug-likeness (QED) is 0.825. The van der Waals surface area contributed by atoms with Gasteiger partial charge in [0.2, 0.25) is 5.88 Å². The highest BCUT2D eigenvalue weighted by molar-refractivity contribution is 7.80. The molecule has 2 rings (SSSR count). The second-order valence-electron chi connectivity index (χ2n) is 4.12. The van der Waals surface area contributed by atoms with Crippen molar-refractivity contribution >= 4 is 17.2 Å². The van der Waals surface area contributed by atoms with Crippen molar-refractivity contribution in [3.05, 3.63) is 23.4 Å². The van der Waals surface area contributed by atoms with Crippen LogP contribution in [0.2, 0.25) is 0 Å². The molecule has 0 saturated carbocycles. The summed E-state index contributed by atoms with van der Waals surface area (Å²) in [5.41, 5.74) is 7.38. The predicted octanol–water partition coefficient (Wildman–Crippen LogP) is 1.58. The van der Waals surface area contributed by atoms with Gasteiger partial charge in [0, 0.05) is 12.8 Å². The molecule has 1 fully saturated rings. The van der Waals surface area contributed by atoms with E-state index in [1.165, 1.54) is 0 Å². The van der Waals surface area contributed by atoms with Gasteiger partial charge in [0.15, 0.2) is 0 Å². The van der Waals surface area contributed by atoms with Crippen molar-refractivity contribution in [1.29, 1.82) is 0 Å². The standard InChI is InChI=1S/C12H16N2O2S/c1-8-4-5-14-12(10(8)11(13)17)16-7-9-3-2-6-15-9/h4-5,9H,2-3,6-7H2,1H3,(H2,13,17). The van der Waals surface area contributed by atoms with Crippen molar-refractivity contribution in [3.8, 4) is 5.88 Å². The third-order valence-corrected chi connectivity index (χ3v) is 3.00. The van der Waals surface area contributed by atoms with Crippen molar-refractivity contribution in [1.82, 2.24) is 4.98 Å². The number of nitrogens with zero attached hydrogens (tertiary/aromatic N) is 1. The Hall–Kier alpha value is -1.20. The van der Waals surface area contributed by atoms with Gasteiger partial charge < -0.3 is 15.2 Å². The van der Waals surface area contributed by atoms with Gasteiger partial charge in [-0.3, -0.25) is 0 Å². The van der Waals surface area contributed by atoms with E-state index in [0.29, 0.717) is 17.5 Å². The lowest BCUT2D eigenvalue weighted by molar-refractivity contribution is 0.0662. The van der Waals surface area contributed by atoms with Crippen LogP contribution in [0.15, 0.2) is 12.3 Å². The first-order chi connectivity index (χ1) is 8.18. The average Bonchev–Trinajstić information content (AvgIpc) is 2.78. The van der Waals surface area contributed by atoms with Crippen molar-refractivity contribution < 1.29 is 9.47 Å². The lowest BCUT2D eigenvalue weighted by Gasteiger charge is -2.14. The van der Waals surface area contributed by atoms with Gasteiger partial charge in [0.1, 0.15) is 11.6 Å². The van der Waals surface area contributed by atoms with Gasteiger partial charge in [0.05, 0.1) is 11.7 Å². The molecule has 1 unspecified atom stereocenters. The number of aromatic nitrogens is 1. The SMILES string of the molecule is Cc1ccnc(OCC2CCCO2)c1C(N)=S. The number of aryl methyl sites for hydroxylation is 1. The number of hydrogen-bond donors (Lipinski definition) is 1. The van der Waals surface area contributed by atoms with E-state index in [2.05, 4.69) is 4.98 Å². The summed E-state index contributed by atoms with van der Waals surface area (Å²) in [6.07, 6.45) is 3.99. The van der Waals surface area contributed by atoms with Crippen LogP contribution in [0.25, 0.3) is 0 Å². The van der Waals surface area contributed by atoms with Crippen molar-refractivity contribution in [2.45, 2.75) is 25.9 Å². The van der Waals surface area contributed by atoms with E-state index >= 15 is 0 Å². The summed E-state index contributed by atoms with van der Waals surface area (Å²) >= 11 is 5.01. The molecule has 0 aliphatic carbocycles. The summed E-state index contributed by atoms with van der Waals surface area (Å²) in [5, 5.41) is 0. The highest BCUT2D eigenvalue weighted by Crippen LogP contribution is 2.20. The molecule has 0 amide bonds. The molecule has 1 aromatic heterocycles. The second kappa shape index (κ2) is 5.42. The minimum absolute atomic E-state index is 0.163. The minimum atomic E-state index is 0.163. The lowest BCUT2D eigenvalue weighted by atomic mass is 10.1. The van der Waals surface area contributed by atoms with Crippen LogP contribution in [-0.2, 0) is 4.74 Å². The molecular weight excluding hydrogens is 236 g/mol. The Morgan fingerprint density at radius 2 is 2.53 bits per heavy atom. The molecule has 0 spiro atoms. The van der Waals surface area contributed by atoms with Gasteiger partial charge in [-0.1, -0.05) is 12.2 Å². The van der Waals surface area contributed by atoms with Gasteiger partial charge >= 0.3 is 0 Å². The molecule has 0 radical (unpaired) electrons. The largest absolute Gasteiger partial charge is 0.474 e. The second-order valence-corrected chi connectivity index (χ2v) is 4.56. The summed E-state index contributed by atoms with van der Waals surface area (Å²) in [6.45, 7) is 3.26. The van der Waals surface area contributed by atoms with Gasteiger partial charge in [0.25, 0.3) is 0 Å². The van der Waals surface area contributed by atoms with Crippen molar-refractivity contribution in [2.75, 3.05) is 13.2 Å². The smallest absolute Gasteiger partial charge is 0.224 e. The van der Waals surface area contributed by atoms with E-state index in [1.807, 2.05) is 13.0 Å². The Kier molecular flexibility index (Phi) is 3.91. The summed E-state index contributed by atoms with van der Waals surface area (Å²) in [5.74, 6) is 0.507. The fraction of sp³-hybridized carbons (Fsp3) is 0.500. The monoisotopic (exact) mass is 252 g/mol. The van der Waals surface area contributed by atoms with E-state index in [0.717, 1.165) is 30.6 Å². The highest BCUT2D eigenvalue weighted by Gasteiger charge is 2.18. The molecule has 0 aromatic carbocycles. The molecular formula is C12H16N2O2S. The Morgan fingerprint density at radius 1 is 1.71 bits per heavy atom. The molecule has 1 atom stereocenters. The first-order valence-corrected chi connectivity index (χ1v) is 6.09. The Balaban J connectivity index is 2.09. The third kappa shape index (κ3) is 2.92. The first-order valence-electron chi connectivity index (χ1n) is 5.68. The molecule has 1 saturated heterocycles. The molecule has 92 valence electrons. The molecule has 2 heterocycles. The van der Waals surface area contributed by atoms with Crippen LogP contribution >= 0.6 is 12.2 Å². The van der Waals surface area contributed by atoms with Crippen LogP contribution in [0.1, 0.15) is 24.0 Å². The average molecular weight is 252 g/mol. The van der Waals surface area contributed by atoms with Crippen molar-refractivity contribution in [2.24, 2.45) is 5.73 Å². The lowest BCUT2D eigenvalue weighted by Crippen LogP contribution is -2.20. The van der Waals surface area contributed by atoms with Crippen LogP contribution in [0.4, 0.5) is 0 Å². The zero-order valence-electron chi connectivity index (χ0n) is 9.81. The maximum Gasteiger partial charge on any atom is 0.224 e. The maximum absolute atomic E-state index is 5.68. The van der Waals surface area contributed by atoms with Gasteiger partial charge in [-0.2, -0.15) is 0 Å². The van der Waals surface area contributed by atoms with E-state index in [-0.39, 0.29) is 6.10 Å². The number of hydrogen-bond acceptors (Lipinski definition) is 4. The van der Waals surface area contributed by atoms with Crippen molar-refractivity contribution in [3.63, 3.8) is 0 Å². The fourth-order valence-corrected chi connectivity index (χ4v) is 2.14. The Morgan fingerprint density at radius 3 is 3.18 bits per heavy atom. The van der Waals surface area contributed by atoms with E-state index < -0.39 is 0 Å². The van der Waals surface area contributed by atoms with Crippen LogP contribution in [0.3, 0.4) is 0 Å². The summed E-state index contributed by atoms with van der Waals surface area (Å²) < 4.78 is 11.1. The molecule has 5 heteroatoms. The summed E-state index contributed by atoms with van der Waals surface area (Å²) in [4.78, 5) is 4.49. The summed E-state index contributed by atoms with van der Waals surface area (Å²) in [7, 11) is 0. The predicted molar refractivity (Wildman–Crippen MR) is 69.3 cm³/mol. The van der Waals surface area contributed by atoms with Gasteiger partial charge in [-0.05, 0) is 31.4 Å². The number of ether oxygens (including phenoxy) is 2. The molecule has 0 bridgehead atoms. The van der Waals surface area contributed by atoms with Crippen LogP contribution in [-0.4, -0.2) is 29.3 Å². The number of thiocarbonyl (C=S) groups is 1. The van der Waals surface area contributed by atoms with Crippen LogP contribution in [0, 0.1) is 6.92 Å². The highest BCUT2D eigenvalue weighted by atomic mass is 32.1. The first kappa shape index (κ1) is 12.3. The molecule has 2 N–H and O–H groups in total. The third-order valence-electron chi connectivity index (χ3n) is 2.80. The topological polar surface area (TPSA) is 57.4 Å². The zero-order valence-corrected chi connectivity index (χ0v) is 10.6. The zero-order chi connectivity index (χ0) is 12.3. The Bertz CT molecular complexity index is 417. The number of pyridine rings is 1. The molecule has 1 aliphatic heterocycles.